The molecule has 1 aliphatic rings. The van der Waals surface area contributed by atoms with E-state index in [2.05, 4.69) is 32.8 Å². The highest BCUT2D eigenvalue weighted by molar-refractivity contribution is 5.77. The molecule has 0 bridgehead atoms. The van der Waals surface area contributed by atoms with Crippen molar-refractivity contribution in [1.82, 2.24) is 15.0 Å². The number of nitrogens with zero attached hydrogens (tertiary/aromatic N) is 4. The van der Waals surface area contributed by atoms with Gasteiger partial charge >= 0.3 is 0 Å². The van der Waals surface area contributed by atoms with Gasteiger partial charge in [-0.05, 0) is 69.6 Å². The molecule has 3 aromatic rings. The van der Waals surface area contributed by atoms with Crippen LogP contribution < -0.4 is 4.90 Å². The highest BCUT2D eigenvalue weighted by atomic mass is 19.1. The molecule has 4 rings (SSSR count). The summed E-state index contributed by atoms with van der Waals surface area (Å²) in [7, 11) is 0. The highest BCUT2D eigenvalue weighted by Gasteiger charge is 2.24. The molecule has 1 aromatic carbocycles. The number of pyridine rings is 1. The molecule has 2 aromatic heterocycles. The molecule has 0 saturated carbocycles. The van der Waals surface area contributed by atoms with Crippen molar-refractivity contribution < 1.29 is 8.78 Å². The minimum absolute atomic E-state index is 0.342. The van der Waals surface area contributed by atoms with E-state index in [1.165, 1.54) is 6.07 Å². The van der Waals surface area contributed by atoms with Crippen molar-refractivity contribution in [2.45, 2.75) is 40.0 Å². The zero-order valence-corrected chi connectivity index (χ0v) is 18.6. The van der Waals surface area contributed by atoms with Crippen LogP contribution in [0.25, 0.3) is 11.1 Å². The molecule has 0 N–H and O–H groups in total. The Morgan fingerprint density at radius 3 is 2.50 bits per heavy atom. The first-order valence-corrected chi connectivity index (χ1v) is 10.9. The summed E-state index contributed by atoms with van der Waals surface area (Å²) in [6, 6.07) is 7.91. The summed E-state index contributed by atoms with van der Waals surface area (Å²) in [4.78, 5) is 16.1. The van der Waals surface area contributed by atoms with E-state index in [0.717, 1.165) is 60.3 Å². The number of rotatable bonds is 4. The van der Waals surface area contributed by atoms with Gasteiger partial charge in [0.15, 0.2) is 0 Å². The Hall–Kier alpha value is -3.33. The number of aryl methyl sites for hydroxylation is 2. The molecule has 0 spiro atoms. The lowest BCUT2D eigenvalue weighted by Crippen LogP contribution is -2.35. The van der Waals surface area contributed by atoms with Crippen LogP contribution >= 0.6 is 0 Å². The minimum Gasteiger partial charge on any atom is -0.356 e. The van der Waals surface area contributed by atoms with Gasteiger partial charge in [0.05, 0.1) is 0 Å². The molecule has 32 heavy (non-hydrogen) atoms. The summed E-state index contributed by atoms with van der Waals surface area (Å²) in [5, 5.41) is 0. The number of aromatic nitrogens is 3. The van der Waals surface area contributed by atoms with Crippen molar-refractivity contribution in [2.75, 3.05) is 18.0 Å². The van der Waals surface area contributed by atoms with Gasteiger partial charge in [0.2, 0.25) is 5.82 Å². The van der Waals surface area contributed by atoms with E-state index in [4.69, 9.17) is 4.98 Å². The van der Waals surface area contributed by atoms with Crippen molar-refractivity contribution >= 4 is 5.82 Å². The quantitative estimate of drug-likeness (QED) is 0.527. The summed E-state index contributed by atoms with van der Waals surface area (Å²) >= 11 is 0. The highest BCUT2D eigenvalue weighted by Crippen LogP contribution is 2.33. The summed E-state index contributed by atoms with van der Waals surface area (Å²) in [5.74, 6) is 6.52. The molecule has 0 aliphatic carbocycles. The molecule has 0 atom stereocenters. The molecule has 0 unspecified atom stereocenters. The van der Waals surface area contributed by atoms with Crippen LogP contribution in [-0.4, -0.2) is 28.0 Å². The van der Waals surface area contributed by atoms with Crippen molar-refractivity contribution in [3.63, 3.8) is 0 Å². The number of hydrogen-bond acceptors (Lipinski definition) is 4. The Morgan fingerprint density at radius 1 is 1.03 bits per heavy atom. The maximum Gasteiger partial charge on any atom is 0.206 e. The van der Waals surface area contributed by atoms with Gasteiger partial charge in [-0.15, -0.1) is 0 Å². The minimum atomic E-state index is -0.538. The predicted molar refractivity (Wildman–Crippen MR) is 122 cm³/mol. The predicted octanol–water partition coefficient (Wildman–Crippen LogP) is 5.26. The number of hydrogen-bond donors (Lipinski definition) is 0. The summed E-state index contributed by atoms with van der Waals surface area (Å²) in [6.07, 6.45) is 4.26. The zero-order valence-electron chi connectivity index (χ0n) is 18.6. The van der Waals surface area contributed by atoms with E-state index in [9.17, 15) is 8.78 Å². The van der Waals surface area contributed by atoms with Gasteiger partial charge in [-0.25, -0.2) is 18.7 Å². The van der Waals surface area contributed by atoms with Gasteiger partial charge in [-0.2, -0.15) is 0 Å². The van der Waals surface area contributed by atoms with Crippen molar-refractivity contribution in [3.8, 4) is 23.0 Å². The van der Waals surface area contributed by atoms with Crippen LogP contribution in [0.4, 0.5) is 14.6 Å². The fraction of sp³-hybridized carbons (Fsp3) is 0.346. The summed E-state index contributed by atoms with van der Waals surface area (Å²) in [5.41, 5.74) is 4.44. The standard InChI is InChI=1S/C26H26F2N4/c1-4-5-25-29-16-23(22-9-6-17(2)30-18(22)3)26(31-25)32-12-10-19(11-13-32)14-20-7-8-21(27)15-24(20)28/h6-9,15-16,19H,10-14H2,1-3H3. The first kappa shape index (κ1) is 21.9. The van der Waals surface area contributed by atoms with E-state index in [1.54, 1.807) is 13.0 Å². The number of piperidine rings is 1. The van der Waals surface area contributed by atoms with Crippen LogP contribution in [0.5, 0.6) is 0 Å². The molecule has 0 radical (unpaired) electrons. The number of halogens is 2. The molecule has 3 heterocycles. The van der Waals surface area contributed by atoms with Crippen LogP contribution in [0, 0.1) is 43.2 Å². The second-order valence-corrected chi connectivity index (χ2v) is 8.26. The largest absolute Gasteiger partial charge is 0.356 e. The molecular formula is C26H26F2N4. The summed E-state index contributed by atoms with van der Waals surface area (Å²) in [6.45, 7) is 7.34. The third-order valence-electron chi connectivity index (χ3n) is 5.96. The Balaban J connectivity index is 1.57. The van der Waals surface area contributed by atoms with Gasteiger partial charge in [-0.1, -0.05) is 18.1 Å². The van der Waals surface area contributed by atoms with Gasteiger partial charge in [0, 0.05) is 47.9 Å². The lowest BCUT2D eigenvalue weighted by atomic mass is 9.89. The molecule has 1 aliphatic heterocycles. The van der Waals surface area contributed by atoms with Crippen LogP contribution in [0.15, 0.2) is 36.5 Å². The third kappa shape index (κ3) is 4.77. The van der Waals surface area contributed by atoms with E-state index < -0.39 is 11.6 Å². The normalized spacial score (nSPS) is 14.2. The van der Waals surface area contributed by atoms with Crippen molar-refractivity contribution in [2.24, 2.45) is 5.92 Å². The Morgan fingerprint density at radius 2 is 1.81 bits per heavy atom. The lowest BCUT2D eigenvalue weighted by molar-refractivity contribution is 0.396. The maximum absolute atomic E-state index is 14.1. The first-order chi connectivity index (χ1) is 15.4. The monoisotopic (exact) mass is 432 g/mol. The second-order valence-electron chi connectivity index (χ2n) is 8.26. The van der Waals surface area contributed by atoms with Crippen molar-refractivity contribution in [3.05, 3.63) is 70.9 Å². The molecule has 1 fully saturated rings. The summed E-state index contributed by atoms with van der Waals surface area (Å²) < 4.78 is 27.3. The van der Waals surface area contributed by atoms with Gasteiger partial charge in [0.1, 0.15) is 17.5 Å². The molecule has 4 nitrogen and oxygen atoms in total. The third-order valence-corrected chi connectivity index (χ3v) is 5.96. The van der Waals surface area contributed by atoms with Gasteiger partial charge in [-0.3, -0.25) is 4.98 Å². The topological polar surface area (TPSA) is 41.9 Å². The van der Waals surface area contributed by atoms with Gasteiger partial charge < -0.3 is 4.90 Å². The fourth-order valence-electron chi connectivity index (χ4n) is 4.29. The average Bonchev–Trinajstić information content (AvgIpc) is 2.77. The molecule has 6 heteroatoms. The Bertz CT molecular complexity index is 1190. The van der Waals surface area contributed by atoms with E-state index in [-0.39, 0.29) is 0 Å². The zero-order chi connectivity index (χ0) is 22.7. The second kappa shape index (κ2) is 9.44. The maximum atomic E-state index is 14.1. The smallest absolute Gasteiger partial charge is 0.206 e. The van der Waals surface area contributed by atoms with Gasteiger partial charge in [0.25, 0.3) is 0 Å². The van der Waals surface area contributed by atoms with Crippen LogP contribution in [0.2, 0.25) is 0 Å². The van der Waals surface area contributed by atoms with Crippen LogP contribution in [-0.2, 0) is 6.42 Å². The lowest BCUT2D eigenvalue weighted by Gasteiger charge is -2.34. The Kier molecular flexibility index (Phi) is 6.45. The molecule has 1 saturated heterocycles. The number of benzene rings is 1. The van der Waals surface area contributed by atoms with Crippen molar-refractivity contribution in [1.29, 1.82) is 0 Å². The molecule has 0 amide bonds. The van der Waals surface area contributed by atoms with E-state index in [1.807, 2.05) is 26.1 Å². The fourth-order valence-corrected chi connectivity index (χ4v) is 4.29. The van der Waals surface area contributed by atoms with E-state index >= 15 is 0 Å². The SMILES string of the molecule is CC#Cc1ncc(-c2ccc(C)nc2C)c(N2CCC(Cc3ccc(F)cc3F)CC2)n1. The van der Waals surface area contributed by atoms with Crippen LogP contribution in [0.1, 0.15) is 42.5 Å². The first-order valence-electron chi connectivity index (χ1n) is 10.9. The molecule has 164 valence electrons. The molecular weight excluding hydrogens is 406 g/mol. The Labute approximate surface area is 187 Å². The average molecular weight is 433 g/mol. The number of anilines is 1. The van der Waals surface area contributed by atoms with Crippen LogP contribution in [0.3, 0.4) is 0 Å². The van der Waals surface area contributed by atoms with E-state index in [0.29, 0.717) is 23.7 Å².